The van der Waals surface area contributed by atoms with Gasteiger partial charge in [0.2, 0.25) is 5.91 Å². The van der Waals surface area contributed by atoms with Crippen molar-refractivity contribution in [1.29, 1.82) is 0 Å². The number of nitrogens with zero attached hydrogens (tertiary/aromatic N) is 6. The summed E-state index contributed by atoms with van der Waals surface area (Å²) in [6.45, 7) is 3.04. The Hall–Kier alpha value is -3.57. The molecule has 2 aromatic carbocycles. The summed E-state index contributed by atoms with van der Waals surface area (Å²) >= 11 is 9.26. The van der Waals surface area contributed by atoms with Crippen molar-refractivity contribution in [3.8, 4) is 11.4 Å². The summed E-state index contributed by atoms with van der Waals surface area (Å²) in [7, 11) is 0. The van der Waals surface area contributed by atoms with Crippen molar-refractivity contribution in [2.45, 2.75) is 26.3 Å². The molecule has 3 heterocycles. The molecule has 0 atom stereocenters. The molecule has 4 aromatic rings. The molecule has 0 radical (unpaired) electrons. The molecule has 1 fully saturated rings. The molecule has 2 aromatic heterocycles. The lowest BCUT2D eigenvalue weighted by atomic mass is 9.95. The molecule has 0 bridgehead atoms. The number of aryl methyl sites for hydroxylation is 1. The van der Waals surface area contributed by atoms with Gasteiger partial charge in [0.15, 0.2) is 5.69 Å². The van der Waals surface area contributed by atoms with Gasteiger partial charge in [-0.3, -0.25) is 9.59 Å². The van der Waals surface area contributed by atoms with E-state index in [4.69, 9.17) is 11.6 Å². The van der Waals surface area contributed by atoms with Crippen LogP contribution in [-0.4, -0.2) is 54.6 Å². The zero-order valence-corrected chi connectivity index (χ0v) is 22.8. The van der Waals surface area contributed by atoms with E-state index in [0.29, 0.717) is 43.0 Å². The third kappa shape index (κ3) is 5.48. The van der Waals surface area contributed by atoms with Gasteiger partial charge in [0.1, 0.15) is 11.5 Å². The van der Waals surface area contributed by atoms with Crippen LogP contribution in [0, 0.1) is 18.7 Å². The lowest BCUT2D eigenvalue weighted by Crippen LogP contribution is -2.43. The van der Waals surface area contributed by atoms with Gasteiger partial charge in [-0.05, 0) is 66.0 Å². The first kappa shape index (κ1) is 26.1. The normalized spacial score (nSPS) is 14.1. The number of carbonyl (C=O) groups excluding carboxylic acids is 2. The number of carbonyl (C=O) groups is 2. The molecule has 0 spiro atoms. The second-order valence-corrected chi connectivity index (χ2v) is 10.3. The Bertz CT molecular complexity index is 1500. The molecule has 0 aliphatic carbocycles. The van der Waals surface area contributed by atoms with E-state index >= 15 is 0 Å². The van der Waals surface area contributed by atoms with E-state index in [0.717, 1.165) is 15.9 Å². The molecule has 1 N–H and O–H groups in total. The van der Waals surface area contributed by atoms with Gasteiger partial charge in [-0.25, -0.2) is 13.8 Å². The summed E-state index contributed by atoms with van der Waals surface area (Å²) < 4.78 is 17.8. The molecule has 38 heavy (non-hydrogen) atoms. The number of rotatable bonds is 6. The van der Waals surface area contributed by atoms with Crippen LogP contribution in [0.2, 0.25) is 5.02 Å². The maximum absolute atomic E-state index is 13.7. The zero-order valence-electron chi connectivity index (χ0n) is 20.4. The summed E-state index contributed by atoms with van der Waals surface area (Å²) in [5.41, 5.74) is 3.11. The first-order chi connectivity index (χ1) is 18.3. The number of aromatic nitrogens is 5. The van der Waals surface area contributed by atoms with Crippen LogP contribution in [0.4, 0.5) is 4.39 Å². The van der Waals surface area contributed by atoms with Gasteiger partial charge in [0.25, 0.3) is 5.91 Å². The molecule has 2 amide bonds. The number of para-hydroxylation sites is 1. The number of hydrogen-bond acceptors (Lipinski definition) is 5. The van der Waals surface area contributed by atoms with Crippen molar-refractivity contribution < 1.29 is 14.0 Å². The molecule has 12 heteroatoms. The van der Waals surface area contributed by atoms with E-state index in [9.17, 15) is 14.0 Å². The zero-order chi connectivity index (χ0) is 26.8. The van der Waals surface area contributed by atoms with E-state index in [1.165, 1.54) is 16.8 Å². The van der Waals surface area contributed by atoms with E-state index in [1.54, 1.807) is 27.9 Å². The SMILES string of the molecule is Cc1cc(C(=O)N2CCC(C(=O)NCc3cn(-c4ccc(Cl)c(F)c4)nn3)CC2)nn1-c1ccccc1Br. The maximum atomic E-state index is 13.7. The highest BCUT2D eigenvalue weighted by Crippen LogP contribution is 2.24. The van der Waals surface area contributed by atoms with Crippen LogP contribution in [0.5, 0.6) is 0 Å². The minimum absolute atomic E-state index is 0.0271. The predicted octanol–water partition coefficient (Wildman–Crippen LogP) is 4.49. The molecular weight excluding hydrogens is 577 g/mol. The summed E-state index contributed by atoms with van der Waals surface area (Å²) in [4.78, 5) is 27.6. The molecule has 9 nitrogen and oxygen atoms in total. The van der Waals surface area contributed by atoms with E-state index in [2.05, 4.69) is 36.7 Å². The molecule has 196 valence electrons. The van der Waals surface area contributed by atoms with Crippen molar-refractivity contribution in [2.24, 2.45) is 5.92 Å². The fourth-order valence-corrected chi connectivity index (χ4v) is 4.98. The fourth-order valence-electron chi connectivity index (χ4n) is 4.41. The van der Waals surface area contributed by atoms with Crippen molar-refractivity contribution in [3.05, 3.63) is 87.1 Å². The molecule has 0 saturated carbocycles. The second-order valence-electron chi connectivity index (χ2n) is 9.07. The Morgan fingerprint density at radius 2 is 1.92 bits per heavy atom. The number of likely N-dealkylation sites (tertiary alicyclic amines) is 1. The third-order valence-corrected chi connectivity index (χ3v) is 7.47. The molecule has 1 saturated heterocycles. The highest BCUT2D eigenvalue weighted by atomic mass is 79.9. The van der Waals surface area contributed by atoms with Gasteiger partial charge < -0.3 is 10.2 Å². The van der Waals surface area contributed by atoms with Gasteiger partial charge in [0.05, 0.1) is 29.1 Å². The maximum Gasteiger partial charge on any atom is 0.274 e. The highest BCUT2D eigenvalue weighted by molar-refractivity contribution is 9.10. The Labute approximate surface area is 231 Å². The molecule has 0 unspecified atom stereocenters. The topological polar surface area (TPSA) is 97.9 Å². The van der Waals surface area contributed by atoms with E-state index < -0.39 is 5.82 Å². The van der Waals surface area contributed by atoms with Crippen molar-refractivity contribution in [2.75, 3.05) is 13.1 Å². The first-order valence-corrected chi connectivity index (χ1v) is 13.2. The van der Waals surface area contributed by atoms with Gasteiger partial charge in [-0.2, -0.15) is 5.10 Å². The van der Waals surface area contributed by atoms with Crippen molar-refractivity contribution >= 4 is 39.3 Å². The minimum Gasteiger partial charge on any atom is -0.350 e. The predicted molar refractivity (Wildman–Crippen MR) is 143 cm³/mol. The summed E-state index contributed by atoms with van der Waals surface area (Å²) in [5.74, 6) is -1.00. The molecule has 1 aliphatic heterocycles. The average molecular weight is 601 g/mol. The smallest absolute Gasteiger partial charge is 0.274 e. The molecule has 1 aliphatic rings. The quantitative estimate of drug-likeness (QED) is 0.352. The Morgan fingerprint density at radius 1 is 1.16 bits per heavy atom. The molecule has 5 rings (SSSR count). The van der Waals surface area contributed by atoms with Crippen LogP contribution in [-0.2, 0) is 11.3 Å². The standard InChI is InChI=1S/C26H24BrClFN7O2/c1-16-12-23(32-36(16)24-5-3-2-4-20(24)27)26(38)34-10-8-17(9-11-34)25(37)30-14-18-15-35(33-31-18)19-6-7-21(28)22(29)13-19/h2-7,12-13,15,17H,8-11,14H2,1H3,(H,30,37). The fraction of sp³-hybridized carbons (Fsp3) is 0.269. The lowest BCUT2D eigenvalue weighted by Gasteiger charge is -2.30. The Kier molecular flexibility index (Phi) is 7.57. The summed E-state index contributed by atoms with van der Waals surface area (Å²) in [5, 5.41) is 15.5. The van der Waals surface area contributed by atoms with Crippen molar-refractivity contribution in [3.63, 3.8) is 0 Å². The van der Waals surface area contributed by atoms with Gasteiger partial charge in [-0.15, -0.1) is 5.10 Å². The second kappa shape index (κ2) is 11.0. The summed E-state index contributed by atoms with van der Waals surface area (Å²) in [6.07, 6.45) is 2.73. The van der Waals surface area contributed by atoms with Crippen LogP contribution < -0.4 is 5.32 Å². The van der Waals surface area contributed by atoms with Crippen molar-refractivity contribution in [1.82, 2.24) is 35.0 Å². The van der Waals surface area contributed by atoms with Gasteiger partial charge in [0, 0.05) is 35.2 Å². The Balaban J connectivity index is 1.14. The first-order valence-electron chi connectivity index (χ1n) is 12.1. The number of benzene rings is 2. The molecular formula is C26H24BrClFN7O2. The highest BCUT2D eigenvalue weighted by Gasteiger charge is 2.29. The van der Waals surface area contributed by atoms with Crippen LogP contribution in [0.15, 0.2) is 59.2 Å². The number of nitrogens with one attached hydrogen (secondary N) is 1. The number of halogens is 3. The number of piperidine rings is 1. The largest absolute Gasteiger partial charge is 0.350 e. The van der Waals surface area contributed by atoms with Gasteiger partial charge >= 0.3 is 0 Å². The number of amides is 2. The average Bonchev–Trinajstić information content (AvgIpc) is 3.56. The van der Waals surface area contributed by atoms with Crippen LogP contribution in [0.25, 0.3) is 11.4 Å². The summed E-state index contributed by atoms with van der Waals surface area (Å²) in [6, 6.07) is 13.8. The Morgan fingerprint density at radius 3 is 2.66 bits per heavy atom. The van der Waals surface area contributed by atoms with Crippen LogP contribution >= 0.6 is 27.5 Å². The van der Waals surface area contributed by atoms with E-state index in [1.807, 2.05) is 31.2 Å². The third-order valence-electron chi connectivity index (χ3n) is 6.49. The van der Waals surface area contributed by atoms with Crippen LogP contribution in [0.1, 0.15) is 34.7 Å². The monoisotopic (exact) mass is 599 g/mol. The van der Waals surface area contributed by atoms with E-state index in [-0.39, 0.29) is 29.3 Å². The van der Waals surface area contributed by atoms with Gasteiger partial charge in [-0.1, -0.05) is 28.9 Å². The minimum atomic E-state index is -0.549. The number of hydrogen-bond donors (Lipinski definition) is 1. The van der Waals surface area contributed by atoms with Crippen LogP contribution in [0.3, 0.4) is 0 Å². The lowest BCUT2D eigenvalue weighted by molar-refractivity contribution is -0.126.